The van der Waals surface area contributed by atoms with Gasteiger partial charge >= 0.3 is 0 Å². The lowest BCUT2D eigenvalue weighted by molar-refractivity contribution is -0.738. The van der Waals surface area contributed by atoms with Crippen LogP contribution in [0.5, 0.6) is 0 Å². The Morgan fingerprint density at radius 2 is 2.19 bits per heavy atom. The Balaban J connectivity index is 2.73. The van der Waals surface area contributed by atoms with Crippen LogP contribution >= 0.6 is 0 Å². The second-order valence-electron chi connectivity index (χ2n) is 4.15. The fourth-order valence-electron chi connectivity index (χ4n) is 1.97. The summed E-state index contributed by atoms with van der Waals surface area (Å²) in [5.41, 5.74) is 0. The smallest absolute Gasteiger partial charge is 0.238 e. The fourth-order valence-corrected chi connectivity index (χ4v) is 2.58. The summed E-state index contributed by atoms with van der Waals surface area (Å²) in [6, 6.07) is -0.289. The van der Waals surface area contributed by atoms with Crippen LogP contribution < -0.4 is 5.32 Å². The third-order valence-electron chi connectivity index (χ3n) is 2.70. The van der Waals surface area contributed by atoms with E-state index >= 15 is 0 Å². The van der Waals surface area contributed by atoms with Gasteiger partial charge in [-0.05, 0) is 6.42 Å². The largest absolute Gasteiger partial charge is 0.343 e. The van der Waals surface area contributed by atoms with Crippen molar-refractivity contribution in [2.24, 2.45) is 0 Å². The molecule has 7 heteroatoms. The van der Waals surface area contributed by atoms with Crippen molar-refractivity contribution >= 4 is 15.7 Å². The van der Waals surface area contributed by atoms with Gasteiger partial charge in [0.25, 0.3) is 0 Å². The lowest BCUT2D eigenvalue weighted by atomic mass is 10.1. The molecule has 1 aliphatic rings. The maximum Gasteiger partial charge on any atom is 0.238 e. The summed E-state index contributed by atoms with van der Waals surface area (Å²) >= 11 is 0. The number of amides is 1. The molecular weight excluding hydrogens is 232 g/mol. The Morgan fingerprint density at radius 1 is 1.56 bits per heavy atom. The van der Waals surface area contributed by atoms with Gasteiger partial charge in [0.1, 0.15) is 11.8 Å². The monoisotopic (exact) mass is 251 g/mol. The first-order valence-electron chi connectivity index (χ1n) is 5.33. The number of aliphatic hydroxyl groups excluding tert-OH is 1. The van der Waals surface area contributed by atoms with Crippen molar-refractivity contribution in [3.05, 3.63) is 0 Å². The average molecular weight is 251 g/mol. The SMILES string of the molecule is CCC1C(O)[NH2+]CCN1C(=O)CS(C)(=O)=O. The molecule has 16 heavy (non-hydrogen) atoms. The van der Waals surface area contributed by atoms with Gasteiger partial charge in [-0.25, -0.2) is 8.42 Å². The molecule has 0 radical (unpaired) electrons. The molecule has 3 N–H and O–H groups in total. The van der Waals surface area contributed by atoms with Crippen molar-refractivity contribution in [2.75, 3.05) is 25.1 Å². The highest BCUT2D eigenvalue weighted by atomic mass is 32.2. The maximum absolute atomic E-state index is 11.8. The van der Waals surface area contributed by atoms with Crippen molar-refractivity contribution in [1.29, 1.82) is 0 Å². The van der Waals surface area contributed by atoms with E-state index < -0.39 is 27.7 Å². The number of rotatable bonds is 3. The van der Waals surface area contributed by atoms with Crippen molar-refractivity contribution in [3.8, 4) is 0 Å². The van der Waals surface area contributed by atoms with E-state index in [1.165, 1.54) is 4.90 Å². The van der Waals surface area contributed by atoms with E-state index in [1.54, 1.807) is 5.32 Å². The first-order chi connectivity index (χ1) is 7.35. The molecule has 0 spiro atoms. The second-order valence-corrected chi connectivity index (χ2v) is 6.29. The molecule has 0 bridgehead atoms. The van der Waals surface area contributed by atoms with Crippen LogP contribution in [0.25, 0.3) is 0 Å². The molecule has 2 atom stereocenters. The summed E-state index contributed by atoms with van der Waals surface area (Å²) in [6.45, 7) is 2.96. The predicted molar refractivity (Wildman–Crippen MR) is 58.3 cm³/mol. The van der Waals surface area contributed by atoms with E-state index in [1.807, 2.05) is 6.92 Å². The van der Waals surface area contributed by atoms with Crippen LogP contribution in [-0.2, 0) is 14.6 Å². The van der Waals surface area contributed by atoms with E-state index in [-0.39, 0.29) is 6.04 Å². The molecule has 0 saturated carbocycles. The highest BCUT2D eigenvalue weighted by Gasteiger charge is 2.35. The Hall–Kier alpha value is -0.660. The minimum Gasteiger partial charge on any atom is -0.343 e. The Kier molecular flexibility index (Phi) is 4.28. The third-order valence-corrected chi connectivity index (χ3v) is 3.47. The number of piperazine rings is 1. The van der Waals surface area contributed by atoms with Gasteiger partial charge in [-0.3, -0.25) is 4.79 Å². The zero-order valence-corrected chi connectivity index (χ0v) is 10.4. The Labute approximate surface area is 95.5 Å². The first-order valence-corrected chi connectivity index (χ1v) is 7.39. The number of nitrogens with zero attached hydrogens (tertiary/aromatic N) is 1. The number of quaternary nitrogens is 1. The molecule has 1 saturated heterocycles. The summed E-state index contributed by atoms with van der Waals surface area (Å²) in [7, 11) is -3.30. The standard InChI is InChI=1S/C9H18N2O4S/c1-3-7-9(13)10-4-5-11(7)8(12)6-16(2,14)15/h7,9-10,13H,3-6H2,1-2H3/p+1. The number of aliphatic hydroxyl groups is 1. The van der Waals surface area contributed by atoms with Gasteiger partial charge in [0.05, 0.1) is 13.1 Å². The first kappa shape index (κ1) is 13.4. The molecule has 6 nitrogen and oxygen atoms in total. The quantitative estimate of drug-likeness (QED) is 0.582. The average Bonchev–Trinajstić information content (AvgIpc) is 2.14. The van der Waals surface area contributed by atoms with Crippen LogP contribution in [0.1, 0.15) is 13.3 Å². The third kappa shape index (κ3) is 3.43. The van der Waals surface area contributed by atoms with Gasteiger partial charge < -0.3 is 15.3 Å². The summed E-state index contributed by atoms with van der Waals surface area (Å²) in [4.78, 5) is 13.2. The highest BCUT2D eigenvalue weighted by Crippen LogP contribution is 2.09. The molecule has 0 aliphatic carbocycles. The van der Waals surface area contributed by atoms with Crippen molar-refractivity contribution in [2.45, 2.75) is 25.6 Å². The molecule has 2 unspecified atom stereocenters. The van der Waals surface area contributed by atoms with Crippen molar-refractivity contribution in [3.63, 3.8) is 0 Å². The fraction of sp³-hybridized carbons (Fsp3) is 0.889. The molecular formula is C9H19N2O4S+. The highest BCUT2D eigenvalue weighted by molar-refractivity contribution is 7.91. The maximum atomic E-state index is 11.8. The van der Waals surface area contributed by atoms with E-state index in [9.17, 15) is 18.3 Å². The zero-order valence-electron chi connectivity index (χ0n) is 9.59. The van der Waals surface area contributed by atoms with E-state index in [4.69, 9.17) is 0 Å². The van der Waals surface area contributed by atoms with Gasteiger partial charge in [-0.15, -0.1) is 0 Å². The molecule has 0 aromatic heterocycles. The normalized spacial score (nSPS) is 26.8. The minimum atomic E-state index is -3.30. The topological polar surface area (TPSA) is 91.3 Å². The minimum absolute atomic E-state index is 0.289. The predicted octanol–water partition coefficient (Wildman–Crippen LogP) is -2.47. The number of carbonyl (C=O) groups excluding carboxylic acids is 1. The van der Waals surface area contributed by atoms with Gasteiger partial charge in [-0.2, -0.15) is 0 Å². The molecule has 94 valence electrons. The summed E-state index contributed by atoms with van der Waals surface area (Å²) in [5.74, 6) is -0.891. The molecule has 1 heterocycles. The van der Waals surface area contributed by atoms with Crippen molar-refractivity contribution < 1.29 is 23.6 Å². The number of nitrogens with two attached hydrogens (primary N) is 1. The Bertz CT molecular complexity index is 355. The molecule has 0 aromatic rings. The van der Waals surface area contributed by atoms with Crippen LogP contribution in [0.3, 0.4) is 0 Å². The number of hydrogen-bond acceptors (Lipinski definition) is 4. The summed E-state index contributed by atoms with van der Waals surface area (Å²) < 4.78 is 22.1. The van der Waals surface area contributed by atoms with Crippen LogP contribution in [0.15, 0.2) is 0 Å². The second kappa shape index (κ2) is 5.11. The molecule has 1 fully saturated rings. The number of sulfone groups is 1. The summed E-state index contributed by atoms with van der Waals surface area (Å²) in [5, 5.41) is 11.4. The lowest BCUT2D eigenvalue weighted by Gasteiger charge is -2.36. The van der Waals surface area contributed by atoms with Crippen LogP contribution in [0.4, 0.5) is 0 Å². The van der Waals surface area contributed by atoms with Gasteiger partial charge in [0.15, 0.2) is 9.84 Å². The van der Waals surface area contributed by atoms with E-state index in [0.29, 0.717) is 19.5 Å². The number of carbonyl (C=O) groups is 1. The molecule has 0 aromatic carbocycles. The van der Waals surface area contributed by atoms with E-state index in [2.05, 4.69) is 0 Å². The molecule has 1 amide bonds. The lowest BCUT2D eigenvalue weighted by Crippen LogP contribution is -2.97. The van der Waals surface area contributed by atoms with Crippen LogP contribution in [0.2, 0.25) is 0 Å². The number of hydrogen-bond donors (Lipinski definition) is 2. The van der Waals surface area contributed by atoms with E-state index in [0.717, 1.165) is 6.26 Å². The van der Waals surface area contributed by atoms with Gasteiger partial charge in [-0.1, -0.05) is 6.92 Å². The van der Waals surface area contributed by atoms with Crippen molar-refractivity contribution in [1.82, 2.24) is 4.90 Å². The van der Waals surface area contributed by atoms with Crippen LogP contribution in [0, 0.1) is 0 Å². The summed E-state index contributed by atoms with van der Waals surface area (Å²) in [6.07, 6.45) is 1.01. The van der Waals surface area contributed by atoms with Crippen LogP contribution in [-0.4, -0.2) is 61.7 Å². The molecule has 1 aliphatic heterocycles. The Morgan fingerprint density at radius 3 is 2.69 bits per heavy atom. The zero-order chi connectivity index (χ0) is 12.3. The van der Waals surface area contributed by atoms with Gasteiger partial charge in [0, 0.05) is 6.26 Å². The van der Waals surface area contributed by atoms with Gasteiger partial charge in [0.2, 0.25) is 12.1 Å². The molecule has 1 rings (SSSR count).